The van der Waals surface area contributed by atoms with Crippen LogP contribution >= 0.6 is 0 Å². The van der Waals surface area contributed by atoms with Gasteiger partial charge in [0, 0.05) is 31.8 Å². The fraction of sp³-hybridized carbons (Fsp3) is 0.350. The fourth-order valence-corrected chi connectivity index (χ4v) is 2.55. The summed E-state index contributed by atoms with van der Waals surface area (Å²) >= 11 is 0. The van der Waals surface area contributed by atoms with Gasteiger partial charge in [-0.3, -0.25) is 4.98 Å². The van der Waals surface area contributed by atoms with E-state index < -0.39 is 23.2 Å². The molecular formula is C20H21F4N7. The predicted octanol–water partition coefficient (Wildman–Crippen LogP) is 5.12. The van der Waals surface area contributed by atoms with Crippen molar-refractivity contribution in [3.63, 3.8) is 0 Å². The molecule has 0 aliphatic rings. The van der Waals surface area contributed by atoms with Gasteiger partial charge >= 0.3 is 0 Å². The molecule has 31 heavy (non-hydrogen) atoms. The average Bonchev–Trinajstić information content (AvgIpc) is 2.66. The van der Waals surface area contributed by atoms with E-state index in [1.165, 1.54) is 36.5 Å². The fourth-order valence-electron chi connectivity index (χ4n) is 2.55. The van der Waals surface area contributed by atoms with Gasteiger partial charge in [0.05, 0.1) is 0 Å². The van der Waals surface area contributed by atoms with Crippen LogP contribution in [0.4, 0.5) is 35.1 Å². The lowest BCUT2D eigenvalue weighted by Crippen LogP contribution is -2.15. The summed E-state index contributed by atoms with van der Waals surface area (Å²) in [6.45, 7) is 5.22. The van der Waals surface area contributed by atoms with Gasteiger partial charge in [0.2, 0.25) is 11.9 Å². The highest BCUT2D eigenvalue weighted by atomic mass is 19.3. The number of halogens is 4. The monoisotopic (exact) mass is 435 g/mol. The van der Waals surface area contributed by atoms with Crippen LogP contribution in [0.15, 0.2) is 36.5 Å². The summed E-state index contributed by atoms with van der Waals surface area (Å²) in [6.07, 6.45) is 1.23. The molecular weight excluding hydrogens is 414 g/mol. The second-order valence-electron chi connectivity index (χ2n) is 7.34. The molecule has 3 rings (SSSR count). The van der Waals surface area contributed by atoms with Crippen molar-refractivity contribution in [3.05, 3.63) is 47.9 Å². The molecule has 0 saturated carbocycles. The van der Waals surface area contributed by atoms with Crippen LogP contribution in [-0.4, -0.2) is 31.0 Å². The maximum absolute atomic E-state index is 13.7. The van der Waals surface area contributed by atoms with Crippen LogP contribution < -0.4 is 10.6 Å². The minimum absolute atomic E-state index is 0.0279. The van der Waals surface area contributed by atoms with Crippen molar-refractivity contribution in [1.82, 2.24) is 24.9 Å². The SMILES string of the molecule is CC(C)Nc1nc(Nc2ccnc(C(C)(F)F)c2)nc(-c2cccc(C(C)(F)F)n2)n1. The second-order valence-corrected chi connectivity index (χ2v) is 7.34. The number of nitrogens with zero attached hydrogens (tertiary/aromatic N) is 5. The summed E-state index contributed by atoms with van der Waals surface area (Å²) in [6, 6.07) is 6.75. The molecule has 0 aromatic carbocycles. The second kappa shape index (κ2) is 8.40. The van der Waals surface area contributed by atoms with Crippen LogP contribution in [-0.2, 0) is 11.8 Å². The Morgan fingerprint density at radius 3 is 2.16 bits per heavy atom. The van der Waals surface area contributed by atoms with Crippen LogP contribution in [0, 0.1) is 0 Å². The summed E-state index contributed by atoms with van der Waals surface area (Å²) in [5, 5.41) is 5.84. The van der Waals surface area contributed by atoms with Crippen LogP contribution in [0.25, 0.3) is 11.5 Å². The Bertz CT molecular complexity index is 1060. The van der Waals surface area contributed by atoms with Crippen molar-refractivity contribution >= 4 is 17.6 Å². The van der Waals surface area contributed by atoms with Crippen molar-refractivity contribution in [2.24, 2.45) is 0 Å². The van der Waals surface area contributed by atoms with Gasteiger partial charge in [-0.15, -0.1) is 0 Å². The normalized spacial score (nSPS) is 12.2. The lowest BCUT2D eigenvalue weighted by molar-refractivity contribution is 0.0122. The van der Waals surface area contributed by atoms with Crippen molar-refractivity contribution in [3.8, 4) is 11.5 Å². The van der Waals surface area contributed by atoms with Crippen molar-refractivity contribution in [2.75, 3.05) is 10.6 Å². The third kappa shape index (κ3) is 5.83. The Morgan fingerprint density at radius 1 is 0.839 bits per heavy atom. The zero-order valence-corrected chi connectivity index (χ0v) is 17.3. The Balaban J connectivity index is 2.02. The third-order valence-electron chi connectivity index (χ3n) is 3.95. The molecule has 0 bridgehead atoms. The number of hydrogen-bond acceptors (Lipinski definition) is 7. The van der Waals surface area contributed by atoms with Crippen LogP contribution in [0.1, 0.15) is 39.1 Å². The van der Waals surface area contributed by atoms with E-state index in [1.807, 2.05) is 13.8 Å². The molecule has 0 spiro atoms. The molecule has 2 N–H and O–H groups in total. The maximum Gasteiger partial charge on any atom is 0.287 e. The largest absolute Gasteiger partial charge is 0.352 e. The van der Waals surface area contributed by atoms with Gasteiger partial charge in [0.15, 0.2) is 5.82 Å². The quantitative estimate of drug-likeness (QED) is 0.498. The lowest BCUT2D eigenvalue weighted by Gasteiger charge is -2.14. The Morgan fingerprint density at radius 2 is 1.52 bits per heavy atom. The van der Waals surface area contributed by atoms with Gasteiger partial charge in [-0.1, -0.05) is 6.07 Å². The first-order valence-electron chi connectivity index (χ1n) is 9.41. The number of anilines is 3. The highest BCUT2D eigenvalue weighted by Gasteiger charge is 2.27. The van der Waals surface area contributed by atoms with E-state index in [0.29, 0.717) is 0 Å². The minimum Gasteiger partial charge on any atom is -0.352 e. The van der Waals surface area contributed by atoms with Crippen molar-refractivity contribution < 1.29 is 17.6 Å². The maximum atomic E-state index is 13.7. The van der Waals surface area contributed by atoms with E-state index in [2.05, 4.69) is 35.6 Å². The Labute approximate surface area is 176 Å². The van der Waals surface area contributed by atoms with E-state index in [0.717, 1.165) is 13.8 Å². The Hall–Kier alpha value is -3.37. The molecule has 0 radical (unpaired) electrons. The van der Waals surface area contributed by atoms with Crippen LogP contribution in [0.3, 0.4) is 0 Å². The number of aromatic nitrogens is 5. The zero-order chi connectivity index (χ0) is 22.8. The van der Waals surface area contributed by atoms with Gasteiger partial charge < -0.3 is 10.6 Å². The number of hydrogen-bond donors (Lipinski definition) is 2. The van der Waals surface area contributed by atoms with Crippen LogP contribution in [0.5, 0.6) is 0 Å². The van der Waals surface area contributed by atoms with E-state index in [9.17, 15) is 17.6 Å². The first kappa shape index (κ1) is 22.3. The van der Waals surface area contributed by atoms with Gasteiger partial charge in [-0.05, 0) is 38.1 Å². The van der Waals surface area contributed by atoms with Crippen molar-refractivity contribution in [2.45, 2.75) is 45.6 Å². The summed E-state index contributed by atoms with van der Waals surface area (Å²) in [7, 11) is 0. The summed E-state index contributed by atoms with van der Waals surface area (Å²) in [5.41, 5.74) is -0.457. The van der Waals surface area contributed by atoms with E-state index in [-0.39, 0.29) is 35.1 Å². The van der Waals surface area contributed by atoms with Gasteiger partial charge in [-0.25, -0.2) is 4.98 Å². The first-order chi connectivity index (χ1) is 14.4. The molecule has 0 amide bonds. The van der Waals surface area contributed by atoms with E-state index in [4.69, 9.17) is 0 Å². The Kier molecular flexibility index (Phi) is 6.05. The highest BCUT2D eigenvalue weighted by molar-refractivity contribution is 5.59. The summed E-state index contributed by atoms with van der Waals surface area (Å²) in [5.74, 6) is -6.01. The summed E-state index contributed by atoms with van der Waals surface area (Å²) < 4.78 is 54.6. The van der Waals surface area contributed by atoms with Gasteiger partial charge in [0.25, 0.3) is 11.8 Å². The zero-order valence-electron chi connectivity index (χ0n) is 17.3. The van der Waals surface area contributed by atoms with Gasteiger partial charge in [0.1, 0.15) is 17.1 Å². The topological polar surface area (TPSA) is 88.5 Å². The number of nitrogens with one attached hydrogen (secondary N) is 2. The predicted molar refractivity (Wildman–Crippen MR) is 108 cm³/mol. The number of rotatable bonds is 7. The van der Waals surface area contributed by atoms with Crippen LogP contribution in [0.2, 0.25) is 0 Å². The molecule has 0 fully saturated rings. The molecule has 0 atom stereocenters. The van der Waals surface area contributed by atoms with E-state index >= 15 is 0 Å². The molecule has 3 aromatic rings. The molecule has 0 saturated heterocycles. The third-order valence-corrected chi connectivity index (χ3v) is 3.95. The molecule has 3 aromatic heterocycles. The molecule has 11 heteroatoms. The number of alkyl halides is 4. The molecule has 7 nitrogen and oxygen atoms in total. The number of pyridine rings is 2. The van der Waals surface area contributed by atoms with Gasteiger partial charge in [-0.2, -0.15) is 32.5 Å². The highest BCUT2D eigenvalue weighted by Crippen LogP contribution is 2.29. The smallest absolute Gasteiger partial charge is 0.287 e. The molecule has 3 heterocycles. The molecule has 0 unspecified atom stereocenters. The summed E-state index contributed by atoms with van der Waals surface area (Å²) in [4.78, 5) is 20.3. The van der Waals surface area contributed by atoms with E-state index in [1.54, 1.807) is 0 Å². The minimum atomic E-state index is -3.14. The molecule has 0 aliphatic carbocycles. The first-order valence-corrected chi connectivity index (χ1v) is 9.41. The molecule has 164 valence electrons. The molecule has 0 aliphatic heterocycles. The van der Waals surface area contributed by atoms with Crippen molar-refractivity contribution in [1.29, 1.82) is 0 Å². The average molecular weight is 435 g/mol. The standard InChI is InChI=1S/C20H21F4N7/c1-11(2)26-17-29-16(13-6-5-7-14(28-13)19(3,21)22)30-18(31-17)27-12-8-9-25-15(10-12)20(4,23)24/h5-11H,1-4H3,(H2,25,26,27,29,30,31). The lowest BCUT2D eigenvalue weighted by atomic mass is 10.2.